The van der Waals surface area contributed by atoms with Crippen LogP contribution in [0, 0.1) is 17.0 Å². The average molecular weight is 371 g/mol. The molecule has 3 rings (SSSR count). The van der Waals surface area contributed by atoms with Gasteiger partial charge in [-0.15, -0.1) is 12.4 Å². The zero-order chi connectivity index (χ0) is 17.5. The predicted octanol–water partition coefficient (Wildman–Crippen LogP) is 2.77. The third-order valence-electron chi connectivity index (χ3n) is 4.57. The van der Waals surface area contributed by atoms with Gasteiger partial charge in [-0.1, -0.05) is 19.9 Å². The number of carbonyl (C=O) groups excluding carboxylic acids is 1. The maximum atomic E-state index is 13.8. The summed E-state index contributed by atoms with van der Waals surface area (Å²) in [7, 11) is 0. The molecule has 1 aromatic carbocycles. The molecule has 2 aromatic rings. The smallest absolute Gasteiger partial charge is 0.274 e. The number of nitrogens with zero attached hydrogens (tertiary/aromatic N) is 3. The second-order valence-electron chi connectivity index (χ2n) is 6.83. The Morgan fingerprint density at radius 3 is 2.52 bits per heavy atom. The molecule has 0 saturated carbocycles. The Morgan fingerprint density at radius 1 is 1.28 bits per heavy atom. The molecule has 1 aliphatic heterocycles. The number of para-hydroxylation sites is 1. The second kappa shape index (κ2) is 7.09. The number of halogens is 3. The predicted molar refractivity (Wildman–Crippen MR) is 93.0 cm³/mol. The van der Waals surface area contributed by atoms with Crippen molar-refractivity contribution < 1.29 is 13.6 Å². The van der Waals surface area contributed by atoms with Crippen molar-refractivity contribution in [2.75, 3.05) is 13.1 Å². The fourth-order valence-corrected chi connectivity index (χ4v) is 2.98. The molecule has 2 heterocycles. The first kappa shape index (κ1) is 19.3. The lowest BCUT2D eigenvalue weighted by Crippen LogP contribution is -2.54. The molecule has 0 spiro atoms. The molecule has 1 aliphatic rings. The van der Waals surface area contributed by atoms with Crippen molar-refractivity contribution in [2.24, 2.45) is 11.1 Å². The normalized spacial score (nSPS) is 19.4. The molecule has 0 radical (unpaired) electrons. The van der Waals surface area contributed by atoms with Crippen molar-refractivity contribution in [3.05, 3.63) is 47.8 Å². The third kappa shape index (κ3) is 3.67. The SMILES string of the molecule is CC1(C)CN(C(=O)c2ccn(-c3c(F)cccc3F)n2)CCC1N.Cl. The molecule has 1 amide bonds. The summed E-state index contributed by atoms with van der Waals surface area (Å²) in [5.74, 6) is -1.73. The highest BCUT2D eigenvalue weighted by Gasteiger charge is 2.36. The van der Waals surface area contributed by atoms with Crippen LogP contribution in [0.25, 0.3) is 5.69 Å². The Bertz CT molecular complexity index is 758. The summed E-state index contributed by atoms with van der Waals surface area (Å²) in [4.78, 5) is 14.3. The van der Waals surface area contributed by atoms with Gasteiger partial charge in [0.25, 0.3) is 5.91 Å². The monoisotopic (exact) mass is 370 g/mol. The van der Waals surface area contributed by atoms with Crippen LogP contribution in [0.2, 0.25) is 0 Å². The zero-order valence-electron chi connectivity index (χ0n) is 14.1. The van der Waals surface area contributed by atoms with Gasteiger partial charge in [0.1, 0.15) is 5.69 Å². The summed E-state index contributed by atoms with van der Waals surface area (Å²) in [5, 5.41) is 4.06. The van der Waals surface area contributed by atoms with Crippen molar-refractivity contribution in [3.63, 3.8) is 0 Å². The number of nitrogens with two attached hydrogens (primary N) is 1. The number of aromatic nitrogens is 2. The number of rotatable bonds is 2. The minimum Gasteiger partial charge on any atom is -0.337 e. The van der Waals surface area contributed by atoms with Crippen molar-refractivity contribution in [3.8, 4) is 5.69 Å². The van der Waals surface area contributed by atoms with E-state index in [1.54, 1.807) is 4.90 Å². The van der Waals surface area contributed by atoms with Crippen LogP contribution in [0.5, 0.6) is 0 Å². The van der Waals surface area contributed by atoms with Gasteiger partial charge in [-0.05, 0) is 30.0 Å². The van der Waals surface area contributed by atoms with E-state index >= 15 is 0 Å². The highest BCUT2D eigenvalue weighted by molar-refractivity contribution is 5.92. The zero-order valence-corrected chi connectivity index (χ0v) is 14.9. The van der Waals surface area contributed by atoms with E-state index < -0.39 is 11.6 Å². The lowest BCUT2D eigenvalue weighted by molar-refractivity contribution is 0.0527. The van der Waals surface area contributed by atoms with Crippen LogP contribution in [-0.4, -0.2) is 39.7 Å². The molecule has 25 heavy (non-hydrogen) atoms. The fourth-order valence-electron chi connectivity index (χ4n) is 2.98. The number of hydrogen-bond donors (Lipinski definition) is 1. The largest absolute Gasteiger partial charge is 0.337 e. The van der Waals surface area contributed by atoms with E-state index in [2.05, 4.69) is 5.10 Å². The molecule has 1 fully saturated rings. The molecule has 0 aliphatic carbocycles. The Balaban J connectivity index is 0.00000225. The highest BCUT2D eigenvalue weighted by atomic mass is 35.5. The topological polar surface area (TPSA) is 64.2 Å². The molecule has 0 bridgehead atoms. The molecule has 2 N–H and O–H groups in total. The van der Waals surface area contributed by atoms with Gasteiger partial charge < -0.3 is 10.6 Å². The van der Waals surface area contributed by atoms with E-state index in [-0.39, 0.29) is 41.2 Å². The number of piperidine rings is 1. The van der Waals surface area contributed by atoms with Crippen LogP contribution in [-0.2, 0) is 0 Å². The van der Waals surface area contributed by atoms with Gasteiger partial charge in [-0.3, -0.25) is 4.79 Å². The maximum Gasteiger partial charge on any atom is 0.274 e. The van der Waals surface area contributed by atoms with E-state index in [1.165, 1.54) is 18.3 Å². The summed E-state index contributed by atoms with van der Waals surface area (Å²) >= 11 is 0. The first-order valence-electron chi connectivity index (χ1n) is 7.84. The van der Waals surface area contributed by atoms with Crippen molar-refractivity contribution in [1.82, 2.24) is 14.7 Å². The standard InChI is InChI=1S/C17H20F2N4O.ClH/c1-17(2)10-22(8-7-14(17)20)16(24)13-6-9-23(21-13)15-11(18)4-3-5-12(15)19;/h3-6,9,14H,7-8,10,20H2,1-2H3;1H. The minimum atomic E-state index is -0.734. The molecule has 5 nitrogen and oxygen atoms in total. The molecule has 136 valence electrons. The Morgan fingerprint density at radius 2 is 1.92 bits per heavy atom. The van der Waals surface area contributed by atoms with Crippen LogP contribution in [0.15, 0.2) is 30.5 Å². The fraction of sp³-hybridized carbons (Fsp3) is 0.412. The van der Waals surface area contributed by atoms with Crippen LogP contribution in [0.1, 0.15) is 30.8 Å². The van der Waals surface area contributed by atoms with Crippen LogP contribution >= 0.6 is 12.4 Å². The first-order chi connectivity index (χ1) is 11.3. The highest BCUT2D eigenvalue weighted by Crippen LogP contribution is 2.28. The first-order valence-corrected chi connectivity index (χ1v) is 7.84. The second-order valence-corrected chi connectivity index (χ2v) is 6.83. The van der Waals surface area contributed by atoms with Crippen molar-refractivity contribution in [1.29, 1.82) is 0 Å². The molecule has 8 heteroatoms. The summed E-state index contributed by atoms with van der Waals surface area (Å²) in [5.41, 5.74) is 5.76. The van der Waals surface area contributed by atoms with E-state index in [4.69, 9.17) is 5.73 Å². The van der Waals surface area contributed by atoms with Gasteiger partial charge in [-0.2, -0.15) is 5.10 Å². The van der Waals surface area contributed by atoms with Crippen LogP contribution < -0.4 is 5.73 Å². The van der Waals surface area contributed by atoms with E-state index in [1.807, 2.05) is 13.8 Å². The quantitative estimate of drug-likeness (QED) is 0.884. The van der Waals surface area contributed by atoms with E-state index in [0.717, 1.165) is 16.8 Å². The minimum absolute atomic E-state index is 0. The van der Waals surface area contributed by atoms with Gasteiger partial charge in [0.05, 0.1) is 0 Å². The third-order valence-corrected chi connectivity index (χ3v) is 4.57. The number of likely N-dealkylation sites (tertiary alicyclic amines) is 1. The van der Waals surface area contributed by atoms with Gasteiger partial charge in [0.15, 0.2) is 17.3 Å². The molecule has 1 saturated heterocycles. The molecular formula is C17H21ClF2N4O. The van der Waals surface area contributed by atoms with Crippen molar-refractivity contribution >= 4 is 18.3 Å². The molecule has 1 unspecified atom stereocenters. The molecule has 1 atom stereocenters. The number of amides is 1. The lowest BCUT2D eigenvalue weighted by Gasteiger charge is -2.42. The molecule has 1 aromatic heterocycles. The number of carbonyl (C=O) groups is 1. The summed E-state index contributed by atoms with van der Waals surface area (Å²) < 4.78 is 28.7. The lowest BCUT2D eigenvalue weighted by atomic mass is 9.79. The summed E-state index contributed by atoms with van der Waals surface area (Å²) in [6.07, 6.45) is 2.09. The van der Waals surface area contributed by atoms with E-state index in [9.17, 15) is 13.6 Å². The average Bonchev–Trinajstić information content (AvgIpc) is 2.98. The van der Waals surface area contributed by atoms with Crippen LogP contribution in [0.3, 0.4) is 0 Å². The Labute approximate surface area is 151 Å². The molecular weight excluding hydrogens is 350 g/mol. The van der Waals surface area contributed by atoms with Gasteiger partial charge in [0, 0.05) is 25.3 Å². The van der Waals surface area contributed by atoms with Gasteiger partial charge in [-0.25, -0.2) is 13.5 Å². The number of benzene rings is 1. The van der Waals surface area contributed by atoms with Gasteiger partial charge in [0.2, 0.25) is 0 Å². The van der Waals surface area contributed by atoms with Crippen molar-refractivity contribution in [2.45, 2.75) is 26.3 Å². The van der Waals surface area contributed by atoms with Gasteiger partial charge >= 0.3 is 0 Å². The maximum absolute atomic E-state index is 13.8. The van der Waals surface area contributed by atoms with Crippen LogP contribution in [0.4, 0.5) is 8.78 Å². The Hall–Kier alpha value is -1.99. The number of hydrogen-bond acceptors (Lipinski definition) is 3. The summed E-state index contributed by atoms with van der Waals surface area (Å²) in [6, 6.07) is 5.08. The Kier molecular flexibility index (Phi) is 5.49. The summed E-state index contributed by atoms with van der Waals surface area (Å²) in [6.45, 7) is 5.10. The van der Waals surface area contributed by atoms with E-state index in [0.29, 0.717) is 19.5 Å².